The largest absolute Gasteiger partial charge is 0.351 e. The molecule has 24 heavy (non-hydrogen) atoms. The third kappa shape index (κ3) is 5.05. The van der Waals surface area contributed by atoms with Crippen molar-refractivity contribution in [3.63, 3.8) is 0 Å². The number of pyridine rings is 1. The Labute approximate surface area is 155 Å². The number of amides is 1. The van der Waals surface area contributed by atoms with Crippen LogP contribution in [0.2, 0.25) is 0 Å². The second kappa shape index (κ2) is 9.79. The van der Waals surface area contributed by atoms with Gasteiger partial charge in [-0.1, -0.05) is 18.2 Å². The smallest absolute Gasteiger partial charge is 0.252 e. The number of carbonyl (C=O) groups is 1. The summed E-state index contributed by atoms with van der Waals surface area (Å²) in [5.74, 6) is -0.0168. The Morgan fingerprint density at radius 1 is 1.25 bits per heavy atom. The Balaban J connectivity index is 0.00000144. The Hall–Kier alpha value is -1.40. The minimum atomic E-state index is -0.0168. The fraction of sp³-hybridized carbons (Fsp3) is 0.412. The molecule has 1 aromatic heterocycles. The van der Waals surface area contributed by atoms with Gasteiger partial charge in [0.1, 0.15) is 0 Å². The zero-order chi connectivity index (χ0) is 15.4. The van der Waals surface area contributed by atoms with Crippen LogP contribution in [0, 0.1) is 6.92 Å². The highest BCUT2D eigenvalue weighted by Crippen LogP contribution is 2.17. The standard InChI is InChI=1S/C17H22N4O.2ClH/c1-13-12-15(14-4-2-3-5-16(14)20-13)17(22)19-8-11-21-9-6-18-7-10-21;;/h2-5,12,18H,6-11H2,1H3,(H,19,22);2*1H. The maximum absolute atomic E-state index is 12.5. The maximum Gasteiger partial charge on any atom is 0.252 e. The monoisotopic (exact) mass is 370 g/mol. The van der Waals surface area contributed by atoms with E-state index in [4.69, 9.17) is 0 Å². The number of rotatable bonds is 4. The lowest BCUT2D eigenvalue weighted by atomic mass is 10.1. The van der Waals surface area contributed by atoms with Crippen molar-refractivity contribution >= 4 is 41.6 Å². The summed E-state index contributed by atoms with van der Waals surface area (Å²) in [7, 11) is 0. The van der Waals surface area contributed by atoms with E-state index in [9.17, 15) is 4.79 Å². The molecule has 1 aliphatic heterocycles. The summed E-state index contributed by atoms with van der Waals surface area (Å²) in [5.41, 5.74) is 2.45. The quantitative estimate of drug-likeness (QED) is 0.864. The van der Waals surface area contributed by atoms with Gasteiger partial charge in [-0.3, -0.25) is 14.7 Å². The van der Waals surface area contributed by atoms with E-state index in [1.165, 1.54) is 0 Å². The summed E-state index contributed by atoms with van der Waals surface area (Å²) in [5, 5.41) is 7.28. The van der Waals surface area contributed by atoms with Crippen LogP contribution in [0.5, 0.6) is 0 Å². The highest BCUT2D eigenvalue weighted by molar-refractivity contribution is 6.06. The van der Waals surface area contributed by atoms with Gasteiger partial charge in [0, 0.05) is 50.3 Å². The second-order valence-corrected chi connectivity index (χ2v) is 5.68. The van der Waals surface area contributed by atoms with Gasteiger partial charge < -0.3 is 10.6 Å². The van der Waals surface area contributed by atoms with Crippen molar-refractivity contribution in [2.45, 2.75) is 6.92 Å². The van der Waals surface area contributed by atoms with Crippen molar-refractivity contribution in [2.75, 3.05) is 39.3 Å². The summed E-state index contributed by atoms with van der Waals surface area (Å²) < 4.78 is 0. The van der Waals surface area contributed by atoms with Crippen LogP contribution in [-0.4, -0.2) is 55.1 Å². The van der Waals surface area contributed by atoms with E-state index in [-0.39, 0.29) is 30.7 Å². The van der Waals surface area contributed by atoms with Crippen LogP contribution < -0.4 is 10.6 Å². The summed E-state index contributed by atoms with van der Waals surface area (Å²) in [4.78, 5) is 19.3. The Morgan fingerprint density at radius 3 is 2.71 bits per heavy atom. The molecular formula is C17H24Cl2N4O. The van der Waals surface area contributed by atoms with E-state index in [1.807, 2.05) is 37.3 Å². The van der Waals surface area contributed by atoms with Crippen molar-refractivity contribution in [2.24, 2.45) is 0 Å². The van der Waals surface area contributed by atoms with Gasteiger partial charge in [-0.15, -0.1) is 24.8 Å². The highest BCUT2D eigenvalue weighted by atomic mass is 35.5. The first-order valence-corrected chi connectivity index (χ1v) is 7.82. The molecule has 1 aliphatic rings. The van der Waals surface area contributed by atoms with E-state index in [2.05, 4.69) is 20.5 Å². The predicted molar refractivity (Wildman–Crippen MR) is 103 cm³/mol. The van der Waals surface area contributed by atoms with Crippen LogP contribution in [0.4, 0.5) is 0 Å². The number of carbonyl (C=O) groups excluding carboxylic acids is 1. The van der Waals surface area contributed by atoms with Gasteiger partial charge in [-0.25, -0.2) is 0 Å². The minimum absolute atomic E-state index is 0. The van der Waals surface area contributed by atoms with Crippen LogP contribution in [-0.2, 0) is 0 Å². The number of fused-ring (bicyclic) bond motifs is 1. The SMILES string of the molecule is Cc1cc(C(=O)NCCN2CCNCC2)c2ccccc2n1.Cl.Cl. The van der Waals surface area contributed by atoms with Crippen LogP contribution in [0.1, 0.15) is 16.1 Å². The topological polar surface area (TPSA) is 57.3 Å². The van der Waals surface area contributed by atoms with Crippen LogP contribution in [0.3, 0.4) is 0 Å². The first-order valence-electron chi connectivity index (χ1n) is 7.82. The molecule has 1 fully saturated rings. The van der Waals surface area contributed by atoms with Gasteiger partial charge in [0.2, 0.25) is 0 Å². The van der Waals surface area contributed by atoms with Crippen molar-refractivity contribution in [1.29, 1.82) is 0 Å². The number of nitrogens with zero attached hydrogens (tertiary/aromatic N) is 2. The predicted octanol–water partition coefficient (Wildman–Crippen LogP) is 2.02. The summed E-state index contributed by atoms with van der Waals surface area (Å²) in [6.07, 6.45) is 0. The molecule has 0 saturated carbocycles. The lowest BCUT2D eigenvalue weighted by Crippen LogP contribution is -2.46. The first kappa shape index (κ1) is 20.6. The average Bonchev–Trinajstić information content (AvgIpc) is 2.55. The van der Waals surface area contributed by atoms with Gasteiger partial charge in [0.15, 0.2) is 0 Å². The number of benzene rings is 1. The third-order valence-corrected chi connectivity index (χ3v) is 4.01. The molecule has 0 atom stereocenters. The van der Waals surface area contributed by atoms with Crippen LogP contribution >= 0.6 is 24.8 Å². The number of nitrogens with one attached hydrogen (secondary N) is 2. The van der Waals surface area contributed by atoms with Crippen molar-refractivity contribution < 1.29 is 4.79 Å². The molecule has 0 unspecified atom stereocenters. The van der Waals surface area contributed by atoms with E-state index in [0.29, 0.717) is 12.1 Å². The van der Waals surface area contributed by atoms with Crippen molar-refractivity contribution in [3.8, 4) is 0 Å². The number of hydrogen-bond acceptors (Lipinski definition) is 4. The minimum Gasteiger partial charge on any atom is -0.351 e. The Kier molecular flexibility index (Phi) is 8.42. The fourth-order valence-corrected chi connectivity index (χ4v) is 2.85. The van der Waals surface area contributed by atoms with Gasteiger partial charge >= 0.3 is 0 Å². The molecule has 0 spiro atoms. The van der Waals surface area contributed by atoms with E-state index in [0.717, 1.165) is 49.3 Å². The molecule has 1 aromatic carbocycles. The van der Waals surface area contributed by atoms with Gasteiger partial charge in [-0.05, 0) is 19.1 Å². The molecular weight excluding hydrogens is 347 g/mol. The van der Waals surface area contributed by atoms with E-state index >= 15 is 0 Å². The zero-order valence-corrected chi connectivity index (χ0v) is 15.4. The number of halogens is 2. The Morgan fingerprint density at radius 2 is 1.96 bits per heavy atom. The molecule has 3 rings (SSSR count). The van der Waals surface area contributed by atoms with E-state index < -0.39 is 0 Å². The molecule has 1 saturated heterocycles. The van der Waals surface area contributed by atoms with Crippen molar-refractivity contribution in [3.05, 3.63) is 41.6 Å². The first-order chi connectivity index (χ1) is 10.7. The van der Waals surface area contributed by atoms with E-state index in [1.54, 1.807) is 0 Å². The van der Waals surface area contributed by atoms with Gasteiger partial charge in [0.05, 0.1) is 11.1 Å². The fourth-order valence-electron chi connectivity index (χ4n) is 2.85. The number of hydrogen-bond donors (Lipinski definition) is 2. The Bertz CT molecular complexity index is 675. The normalized spacial score (nSPS) is 14.5. The number of para-hydroxylation sites is 1. The average molecular weight is 371 g/mol. The number of aromatic nitrogens is 1. The molecule has 132 valence electrons. The maximum atomic E-state index is 12.5. The number of aryl methyl sites for hydroxylation is 1. The highest BCUT2D eigenvalue weighted by Gasteiger charge is 2.13. The zero-order valence-electron chi connectivity index (χ0n) is 13.7. The molecule has 2 heterocycles. The lowest BCUT2D eigenvalue weighted by molar-refractivity contribution is 0.0949. The summed E-state index contributed by atoms with van der Waals surface area (Å²) in [6.45, 7) is 7.65. The third-order valence-electron chi connectivity index (χ3n) is 4.01. The molecule has 0 aliphatic carbocycles. The van der Waals surface area contributed by atoms with Gasteiger partial charge in [-0.2, -0.15) is 0 Å². The summed E-state index contributed by atoms with van der Waals surface area (Å²) >= 11 is 0. The van der Waals surface area contributed by atoms with Crippen molar-refractivity contribution in [1.82, 2.24) is 20.5 Å². The van der Waals surface area contributed by atoms with Crippen LogP contribution in [0.25, 0.3) is 10.9 Å². The second-order valence-electron chi connectivity index (χ2n) is 5.68. The lowest BCUT2D eigenvalue weighted by Gasteiger charge is -2.27. The molecule has 1 amide bonds. The molecule has 5 nitrogen and oxygen atoms in total. The summed E-state index contributed by atoms with van der Waals surface area (Å²) in [6, 6.07) is 9.65. The molecule has 2 N–H and O–H groups in total. The van der Waals surface area contributed by atoms with Gasteiger partial charge in [0.25, 0.3) is 5.91 Å². The molecule has 7 heteroatoms. The van der Waals surface area contributed by atoms with Crippen LogP contribution in [0.15, 0.2) is 30.3 Å². The number of piperazine rings is 1. The molecule has 0 radical (unpaired) electrons. The molecule has 0 bridgehead atoms. The molecule has 2 aromatic rings.